The number of H-pyrrole nitrogens is 1. The Kier molecular flexibility index (Phi) is 3.88. The van der Waals surface area contributed by atoms with Crippen LogP contribution in [-0.4, -0.2) is 27.7 Å². The number of aromatic nitrogens is 4. The first kappa shape index (κ1) is 12.5. The monoisotopic (exact) mass is 247 g/mol. The Morgan fingerprint density at radius 2 is 2.11 bits per heavy atom. The van der Waals surface area contributed by atoms with Crippen LogP contribution in [-0.2, 0) is 0 Å². The van der Waals surface area contributed by atoms with Gasteiger partial charge in [0.15, 0.2) is 5.82 Å². The maximum absolute atomic E-state index is 5.21. The van der Waals surface area contributed by atoms with Crippen molar-refractivity contribution in [3.8, 4) is 5.75 Å². The molecule has 6 nitrogen and oxygen atoms in total. The molecule has 2 unspecified atom stereocenters. The standard InChI is InChI=1S/C12H17N5O/c1-8(10-5-4-6-11(7-10)18-3)13-9(2)12-14-16-17-15-12/h4-9,13H,1-3H3,(H,14,15,16,17). The van der Waals surface area contributed by atoms with Gasteiger partial charge in [-0.1, -0.05) is 17.3 Å². The van der Waals surface area contributed by atoms with Crippen molar-refractivity contribution in [2.45, 2.75) is 25.9 Å². The summed E-state index contributed by atoms with van der Waals surface area (Å²) in [7, 11) is 1.67. The van der Waals surface area contributed by atoms with Gasteiger partial charge < -0.3 is 10.1 Å². The lowest BCUT2D eigenvalue weighted by atomic mass is 10.1. The molecular weight excluding hydrogens is 230 g/mol. The Balaban J connectivity index is 2.04. The van der Waals surface area contributed by atoms with E-state index in [-0.39, 0.29) is 12.1 Å². The van der Waals surface area contributed by atoms with E-state index in [4.69, 9.17) is 4.74 Å². The van der Waals surface area contributed by atoms with Crippen LogP contribution in [0, 0.1) is 0 Å². The third kappa shape index (κ3) is 2.84. The average molecular weight is 247 g/mol. The second kappa shape index (κ2) is 5.59. The lowest BCUT2D eigenvalue weighted by Crippen LogP contribution is -2.23. The second-order valence-corrected chi connectivity index (χ2v) is 4.16. The number of tetrazole rings is 1. The quantitative estimate of drug-likeness (QED) is 0.839. The average Bonchev–Trinajstić information content (AvgIpc) is 2.92. The van der Waals surface area contributed by atoms with Crippen LogP contribution in [0.4, 0.5) is 0 Å². The number of hydrogen-bond donors (Lipinski definition) is 2. The zero-order valence-corrected chi connectivity index (χ0v) is 10.7. The first-order valence-electron chi connectivity index (χ1n) is 5.84. The van der Waals surface area contributed by atoms with Crippen molar-refractivity contribution >= 4 is 0 Å². The van der Waals surface area contributed by atoms with Crippen LogP contribution in [0.15, 0.2) is 24.3 Å². The third-order valence-corrected chi connectivity index (χ3v) is 2.84. The van der Waals surface area contributed by atoms with Crippen LogP contribution < -0.4 is 10.1 Å². The van der Waals surface area contributed by atoms with Gasteiger partial charge in [0.1, 0.15) is 5.75 Å². The predicted octanol–water partition coefficient (Wildman–Crippen LogP) is 1.62. The summed E-state index contributed by atoms with van der Waals surface area (Å²) >= 11 is 0. The molecule has 0 fully saturated rings. The van der Waals surface area contributed by atoms with E-state index in [1.54, 1.807) is 7.11 Å². The fourth-order valence-electron chi connectivity index (χ4n) is 1.81. The number of nitrogens with one attached hydrogen (secondary N) is 2. The molecule has 2 rings (SSSR count). The van der Waals surface area contributed by atoms with E-state index in [9.17, 15) is 0 Å². The number of methoxy groups -OCH3 is 1. The summed E-state index contributed by atoms with van der Waals surface area (Å²) in [5.41, 5.74) is 1.16. The predicted molar refractivity (Wildman–Crippen MR) is 67.1 cm³/mol. The largest absolute Gasteiger partial charge is 0.497 e. The number of aromatic amines is 1. The highest BCUT2D eigenvalue weighted by Crippen LogP contribution is 2.21. The molecule has 6 heteroatoms. The molecule has 1 heterocycles. The molecule has 18 heavy (non-hydrogen) atoms. The van der Waals surface area contributed by atoms with Gasteiger partial charge in [0, 0.05) is 6.04 Å². The molecule has 0 aliphatic carbocycles. The highest BCUT2D eigenvalue weighted by molar-refractivity contribution is 5.30. The number of benzene rings is 1. The van der Waals surface area contributed by atoms with Crippen LogP contribution >= 0.6 is 0 Å². The van der Waals surface area contributed by atoms with Gasteiger partial charge in [-0.25, -0.2) is 0 Å². The summed E-state index contributed by atoms with van der Waals surface area (Å²) in [6.07, 6.45) is 0. The molecule has 0 aliphatic rings. The number of rotatable bonds is 5. The van der Waals surface area contributed by atoms with Gasteiger partial charge in [-0.15, -0.1) is 10.2 Å². The van der Waals surface area contributed by atoms with E-state index in [0.717, 1.165) is 11.3 Å². The zero-order chi connectivity index (χ0) is 13.0. The van der Waals surface area contributed by atoms with Crippen molar-refractivity contribution in [3.63, 3.8) is 0 Å². The molecule has 0 radical (unpaired) electrons. The van der Waals surface area contributed by atoms with Gasteiger partial charge in [0.2, 0.25) is 0 Å². The van der Waals surface area contributed by atoms with Gasteiger partial charge in [0.05, 0.1) is 13.2 Å². The summed E-state index contributed by atoms with van der Waals surface area (Å²) in [5.74, 6) is 1.51. The topological polar surface area (TPSA) is 75.7 Å². The number of ether oxygens (including phenoxy) is 1. The molecule has 2 atom stereocenters. The van der Waals surface area contributed by atoms with Crippen LogP contribution in [0.2, 0.25) is 0 Å². The van der Waals surface area contributed by atoms with E-state index in [2.05, 4.69) is 38.9 Å². The van der Waals surface area contributed by atoms with E-state index >= 15 is 0 Å². The Bertz CT molecular complexity index is 485. The summed E-state index contributed by atoms with van der Waals surface area (Å²) in [5, 5.41) is 17.3. The van der Waals surface area contributed by atoms with Gasteiger partial charge in [-0.2, -0.15) is 5.21 Å². The fraction of sp³-hybridized carbons (Fsp3) is 0.417. The summed E-state index contributed by atoms with van der Waals surface area (Å²) < 4.78 is 5.21. The first-order chi connectivity index (χ1) is 8.70. The summed E-state index contributed by atoms with van der Waals surface area (Å²) in [6, 6.07) is 8.19. The van der Waals surface area contributed by atoms with Crippen molar-refractivity contribution in [1.29, 1.82) is 0 Å². The first-order valence-corrected chi connectivity index (χ1v) is 5.84. The minimum absolute atomic E-state index is 0.0324. The van der Waals surface area contributed by atoms with Crippen LogP contribution in [0.25, 0.3) is 0 Å². The normalized spacial score (nSPS) is 14.2. The smallest absolute Gasteiger partial charge is 0.191 e. The van der Waals surface area contributed by atoms with Crippen LogP contribution in [0.5, 0.6) is 5.75 Å². The van der Waals surface area contributed by atoms with E-state index < -0.39 is 0 Å². The highest BCUT2D eigenvalue weighted by Gasteiger charge is 2.14. The summed E-state index contributed by atoms with van der Waals surface area (Å²) in [6.45, 7) is 4.09. The van der Waals surface area contributed by atoms with E-state index in [0.29, 0.717) is 5.82 Å². The lowest BCUT2D eigenvalue weighted by Gasteiger charge is -2.18. The molecule has 0 amide bonds. The van der Waals surface area contributed by atoms with Crippen molar-refractivity contribution < 1.29 is 4.74 Å². The Hall–Kier alpha value is -1.95. The van der Waals surface area contributed by atoms with Crippen molar-refractivity contribution in [1.82, 2.24) is 25.9 Å². The minimum Gasteiger partial charge on any atom is -0.497 e. The Morgan fingerprint density at radius 3 is 2.78 bits per heavy atom. The SMILES string of the molecule is COc1cccc(C(C)NC(C)c2nn[nH]n2)c1. The molecular formula is C12H17N5O. The molecule has 96 valence electrons. The van der Waals surface area contributed by atoms with E-state index in [1.165, 1.54) is 0 Å². The second-order valence-electron chi connectivity index (χ2n) is 4.16. The van der Waals surface area contributed by atoms with Gasteiger partial charge in [0.25, 0.3) is 0 Å². The third-order valence-electron chi connectivity index (χ3n) is 2.84. The molecule has 0 bridgehead atoms. The fourth-order valence-corrected chi connectivity index (χ4v) is 1.81. The Morgan fingerprint density at radius 1 is 1.28 bits per heavy atom. The van der Waals surface area contributed by atoms with Crippen molar-refractivity contribution in [3.05, 3.63) is 35.7 Å². The molecule has 0 saturated carbocycles. The zero-order valence-electron chi connectivity index (χ0n) is 10.7. The molecule has 1 aromatic heterocycles. The maximum Gasteiger partial charge on any atom is 0.191 e. The van der Waals surface area contributed by atoms with E-state index in [1.807, 2.05) is 25.1 Å². The van der Waals surface area contributed by atoms with Gasteiger partial charge in [-0.3, -0.25) is 0 Å². The van der Waals surface area contributed by atoms with Gasteiger partial charge in [-0.05, 0) is 31.5 Å². The highest BCUT2D eigenvalue weighted by atomic mass is 16.5. The van der Waals surface area contributed by atoms with Crippen LogP contribution in [0.1, 0.15) is 37.3 Å². The van der Waals surface area contributed by atoms with Crippen molar-refractivity contribution in [2.24, 2.45) is 0 Å². The van der Waals surface area contributed by atoms with Gasteiger partial charge >= 0.3 is 0 Å². The van der Waals surface area contributed by atoms with Crippen LogP contribution in [0.3, 0.4) is 0 Å². The summed E-state index contributed by atoms with van der Waals surface area (Å²) in [4.78, 5) is 0. The minimum atomic E-state index is 0.0324. The van der Waals surface area contributed by atoms with Crippen molar-refractivity contribution in [2.75, 3.05) is 7.11 Å². The molecule has 0 spiro atoms. The number of hydrogen-bond acceptors (Lipinski definition) is 5. The molecule has 2 aromatic rings. The molecule has 2 N–H and O–H groups in total. The Labute approximate surface area is 106 Å². The molecule has 1 aromatic carbocycles. The molecule has 0 aliphatic heterocycles. The lowest BCUT2D eigenvalue weighted by molar-refractivity contribution is 0.412. The molecule has 0 saturated heterocycles. The number of nitrogens with zero attached hydrogens (tertiary/aromatic N) is 3. The maximum atomic E-state index is 5.21.